The number of aryl methyl sites for hydroxylation is 1. The molecular formula is C33H25Cl2N3O6. The van der Waals surface area contributed by atoms with Gasteiger partial charge >= 0.3 is 6.03 Å². The molecule has 4 aromatic carbocycles. The lowest BCUT2D eigenvalue weighted by atomic mass is 10.0. The number of hydrogen-bond donors (Lipinski definition) is 1. The minimum atomic E-state index is -0.805. The largest absolute Gasteiger partial charge is 0.493 e. The highest BCUT2D eigenvalue weighted by atomic mass is 35.5. The predicted molar refractivity (Wildman–Crippen MR) is 170 cm³/mol. The van der Waals surface area contributed by atoms with Crippen LogP contribution in [0.1, 0.15) is 11.1 Å². The average molecular weight is 630 g/mol. The van der Waals surface area contributed by atoms with Gasteiger partial charge in [0.05, 0.1) is 23.5 Å². The Morgan fingerprint density at radius 3 is 1.95 bits per heavy atom. The third-order valence-corrected chi connectivity index (χ3v) is 7.33. The predicted octanol–water partition coefficient (Wildman–Crippen LogP) is 6.91. The topological polar surface area (TPSA) is 105 Å². The number of halogens is 2. The molecule has 222 valence electrons. The Morgan fingerprint density at radius 2 is 1.41 bits per heavy atom. The average Bonchev–Trinajstić information content (AvgIpc) is 3.01. The van der Waals surface area contributed by atoms with Gasteiger partial charge < -0.3 is 14.8 Å². The highest BCUT2D eigenvalue weighted by Crippen LogP contribution is 2.38. The van der Waals surface area contributed by atoms with Crippen LogP contribution in [0, 0.1) is 6.92 Å². The van der Waals surface area contributed by atoms with Crippen LogP contribution in [0.4, 0.5) is 21.9 Å². The molecule has 1 heterocycles. The maximum absolute atomic E-state index is 13.6. The SMILES string of the molecule is COc1cc(C=C2C(=O)N(c3ccccc3)C(=O)N(c3ccccc3)C2=O)cc(Cl)c1OCC(=O)Nc1ccc(C)c(Cl)c1. The van der Waals surface area contributed by atoms with Crippen molar-refractivity contribution in [1.29, 1.82) is 0 Å². The van der Waals surface area contributed by atoms with Gasteiger partial charge in [-0.1, -0.05) is 65.7 Å². The number of anilines is 3. The summed E-state index contributed by atoms with van der Waals surface area (Å²) in [4.78, 5) is 55.2. The van der Waals surface area contributed by atoms with Crippen LogP contribution in [-0.2, 0) is 14.4 Å². The third-order valence-electron chi connectivity index (χ3n) is 6.64. The molecule has 1 aliphatic rings. The lowest BCUT2D eigenvalue weighted by molar-refractivity contribution is -0.121. The van der Waals surface area contributed by atoms with Crippen LogP contribution in [0.25, 0.3) is 6.08 Å². The van der Waals surface area contributed by atoms with Crippen molar-refractivity contribution in [1.82, 2.24) is 0 Å². The molecule has 1 saturated heterocycles. The van der Waals surface area contributed by atoms with Crippen molar-refractivity contribution in [3.63, 3.8) is 0 Å². The highest BCUT2D eigenvalue weighted by molar-refractivity contribution is 6.46. The molecule has 11 heteroatoms. The van der Waals surface area contributed by atoms with Crippen molar-refractivity contribution in [2.45, 2.75) is 6.92 Å². The van der Waals surface area contributed by atoms with Crippen molar-refractivity contribution >= 4 is 70.1 Å². The number of nitrogens with zero attached hydrogens (tertiary/aromatic N) is 2. The Balaban J connectivity index is 1.45. The molecule has 0 bridgehead atoms. The second kappa shape index (κ2) is 13.0. The van der Waals surface area contributed by atoms with Crippen molar-refractivity contribution in [2.75, 3.05) is 28.8 Å². The summed E-state index contributed by atoms with van der Waals surface area (Å²) in [5.41, 5.74) is 2.02. The number of ether oxygens (including phenoxy) is 2. The van der Waals surface area contributed by atoms with Gasteiger partial charge in [0.15, 0.2) is 18.1 Å². The number of hydrogen-bond acceptors (Lipinski definition) is 6. The molecule has 44 heavy (non-hydrogen) atoms. The molecule has 0 radical (unpaired) electrons. The lowest BCUT2D eigenvalue weighted by Gasteiger charge is -2.34. The number of methoxy groups -OCH3 is 1. The second-order valence-electron chi connectivity index (χ2n) is 9.63. The van der Waals surface area contributed by atoms with Crippen LogP contribution in [0.2, 0.25) is 10.0 Å². The van der Waals surface area contributed by atoms with Crippen LogP contribution in [0.3, 0.4) is 0 Å². The zero-order valence-corrected chi connectivity index (χ0v) is 25.1. The van der Waals surface area contributed by atoms with Gasteiger partial charge in [-0.05, 0) is 72.7 Å². The summed E-state index contributed by atoms with van der Waals surface area (Å²) >= 11 is 12.7. The summed E-state index contributed by atoms with van der Waals surface area (Å²) in [5, 5.41) is 3.27. The van der Waals surface area contributed by atoms with Crippen molar-refractivity contribution in [2.24, 2.45) is 0 Å². The maximum Gasteiger partial charge on any atom is 0.343 e. The van der Waals surface area contributed by atoms with E-state index in [1.165, 1.54) is 25.3 Å². The molecular weight excluding hydrogens is 605 g/mol. The molecule has 0 atom stereocenters. The minimum absolute atomic E-state index is 0.0639. The lowest BCUT2D eigenvalue weighted by Crippen LogP contribution is -2.57. The van der Waals surface area contributed by atoms with Crippen molar-refractivity contribution in [3.8, 4) is 11.5 Å². The normalized spacial score (nSPS) is 13.2. The zero-order valence-electron chi connectivity index (χ0n) is 23.5. The first kappa shape index (κ1) is 30.3. The molecule has 0 spiro atoms. The number of carbonyl (C=O) groups is 4. The van der Waals surface area contributed by atoms with E-state index in [0.29, 0.717) is 27.6 Å². The van der Waals surface area contributed by atoms with E-state index < -0.39 is 23.8 Å². The quantitative estimate of drug-likeness (QED) is 0.168. The molecule has 0 unspecified atom stereocenters. The van der Waals surface area contributed by atoms with Gasteiger partial charge in [-0.25, -0.2) is 14.6 Å². The summed E-state index contributed by atoms with van der Waals surface area (Å²) in [6.07, 6.45) is 1.33. The van der Waals surface area contributed by atoms with Gasteiger partial charge in [-0.2, -0.15) is 0 Å². The van der Waals surface area contributed by atoms with Gasteiger partial charge in [0.2, 0.25) is 0 Å². The van der Waals surface area contributed by atoms with Gasteiger partial charge in [0.1, 0.15) is 5.57 Å². The summed E-state index contributed by atoms with van der Waals surface area (Å²) in [6, 6.07) is 23.9. The molecule has 9 nitrogen and oxygen atoms in total. The molecule has 1 aliphatic heterocycles. The van der Waals surface area contributed by atoms with Crippen LogP contribution in [-0.4, -0.2) is 37.5 Å². The molecule has 1 fully saturated rings. The fourth-order valence-electron chi connectivity index (χ4n) is 4.47. The van der Waals surface area contributed by atoms with Crippen LogP contribution >= 0.6 is 23.2 Å². The van der Waals surface area contributed by atoms with Crippen molar-refractivity contribution < 1.29 is 28.7 Å². The van der Waals surface area contributed by atoms with E-state index in [9.17, 15) is 19.2 Å². The van der Waals surface area contributed by atoms with E-state index in [1.54, 1.807) is 78.9 Å². The maximum atomic E-state index is 13.6. The first-order valence-electron chi connectivity index (χ1n) is 13.3. The van der Waals surface area contributed by atoms with Gasteiger partial charge in [-0.3, -0.25) is 14.4 Å². The number of rotatable bonds is 8. The fourth-order valence-corrected chi connectivity index (χ4v) is 4.93. The zero-order chi connectivity index (χ0) is 31.4. The summed E-state index contributed by atoms with van der Waals surface area (Å²) in [7, 11) is 1.38. The van der Waals surface area contributed by atoms with Crippen molar-refractivity contribution in [3.05, 3.63) is 118 Å². The van der Waals surface area contributed by atoms with E-state index in [2.05, 4.69) is 5.32 Å². The van der Waals surface area contributed by atoms with E-state index in [-0.39, 0.29) is 28.7 Å². The van der Waals surface area contributed by atoms with E-state index in [4.69, 9.17) is 32.7 Å². The molecule has 5 amide bonds. The number of para-hydroxylation sites is 2. The number of nitrogens with one attached hydrogen (secondary N) is 1. The molecule has 0 saturated carbocycles. The molecule has 0 aromatic heterocycles. The Labute approximate surface area is 263 Å². The van der Waals surface area contributed by atoms with Crippen LogP contribution < -0.4 is 24.6 Å². The number of urea groups is 1. The Bertz CT molecular complexity index is 1730. The number of amides is 5. The molecule has 0 aliphatic carbocycles. The second-order valence-corrected chi connectivity index (χ2v) is 10.4. The number of carbonyl (C=O) groups excluding carboxylic acids is 4. The first-order chi connectivity index (χ1) is 21.2. The molecule has 1 N–H and O–H groups in total. The van der Waals surface area contributed by atoms with Gasteiger partial charge in [0.25, 0.3) is 17.7 Å². The van der Waals surface area contributed by atoms with E-state index >= 15 is 0 Å². The Hall–Kier alpha value is -5.12. The van der Waals surface area contributed by atoms with E-state index in [1.807, 2.05) is 6.92 Å². The first-order valence-corrected chi connectivity index (χ1v) is 14.0. The van der Waals surface area contributed by atoms with Crippen LogP contribution in [0.15, 0.2) is 96.6 Å². The summed E-state index contributed by atoms with van der Waals surface area (Å²) < 4.78 is 11.1. The van der Waals surface area contributed by atoms with E-state index in [0.717, 1.165) is 15.4 Å². The standard InChI is InChI=1S/C33H25Cl2N3O6/c1-20-13-14-22(18-26(20)34)36-29(39)19-44-30-27(35)16-21(17-28(30)43-2)15-25-31(40)37(23-9-5-3-6-10-23)33(42)38(32(25)41)24-11-7-4-8-12-24/h3-18H,19H2,1-2H3,(H,36,39). The highest BCUT2D eigenvalue weighted by Gasteiger charge is 2.43. The smallest absolute Gasteiger partial charge is 0.343 e. The molecule has 4 aromatic rings. The monoisotopic (exact) mass is 629 g/mol. The van der Waals surface area contributed by atoms with Gasteiger partial charge in [0, 0.05) is 10.7 Å². The summed E-state index contributed by atoms with van der Waals surface area (Å²) in [5.74, 6) is -1.83. The van der Waals surface area contributed by atoms with Gasteiger partial charge in [-0.15, -0.1) is 0 Å². The molecule has 5 rings (SSSR count). The third kappa shape index (κ3) is 6.29. The van der Waals surface area contributed by atoms with Crippen LogP contribution in [0.5, 0.6) is 11.5 Å². The fraction of sp³-hybridized carbons (Fsp3) is 0.0909. The Morgan fingerprint density at radius 1 is 0.818 bits per heavy atom. The number of imide groups is 2. The number of benzene rings is 4. The minimum Gasteiger partial charge on any atom is -0.493 e. The summed E-state index contributed by atoms with van der Waals surface area (Å²) in [6.45, 7) is 1.46. The number of barbiturate groups is 1. The Kier molecular flexibility index (Phi) is 8.99.